The van der Waals surface area contributed by atoms with Crippen molar-refractivity contribution in [2.75, 3.05) is 32.5 Å². The first kappa shape index (κ1) is 23.0. The van der Waals surface area contributed by atoms with E-state index in [0.29, 0.717) is 31.0 Å². The van der Waals surface area contributed by atoms with Gasteiger partial charge in [0.15, 0.2) is 5.96 Å². The van der Waals surface area contributed by atoms with Crippen LogP contribution in [0.3, 0.4) is 0 Å². The molecule has 1 unspecified atom stereocenters. The Hall–Kier alpha value is -1.64. The van der Waals surface area contributed by atoms with Crippen LogP contribution >= 0.6 is 0 Å². The second-order valence-corrected chi connectivity index (χ2v) is 10.2. The summed E-state index contributed by atoms with van der Waals surface area (Å²) in [5.41, 5.74) is 1.43. The van der Waals surface area contributed by atoms with Crippen LogP contribution in [0.25, 0.3) is 0 Å². The molecule has 0 spiro atoms. The molecule has 30 heavy (non-hydrogen) atoms. The summed E-state index contributed by atoms with van der Waals surface area (Å²) in [4.78, 5) is 4.26. The molecule has 1 saturated carbocycles. The van der Waals surface area contributed by atoms with Gasteiger partial charge in [0.25, 0.3) is 0 Å². The number of ether oxygens (including phenoxy) is 1. The van der Waals surface area contributed by atoms with Crippen LogP contribution in [0.1, 0.15) is 56.4 Å². The van der Waals surface area contributed by atoms with Crippen LogP contribution in [0.5, 0.6) is 0 Å². The van der Waals surface area contributed by atoms with Gasteiger partial charge in [-0.05, 0) is 56.4 Å². The molecule has 1 heterocycles. The number of rotatable bonds is 8. The van der Waals surface area contributed by atoms with Crippen LogP contribution in [0.15, 0.2) is 35.3 Å². The van der Waals surface area contributed by atoms with E-state index in [2.05, 4.69) is 50.7 Å². The molecule has 168 valence electrons. The number of guanidine groups is 1. The zero-order valence-corrected chi connectivity index (χ0v) is 18.8. The first-order chi connectivity index (χ1) is 14.6. The van der Waals surface area contributed by atoms with Crippen LogP contribution in [0.4, 0.5) is 0 Å². The normalized spacial score (nSPS) is 25.6. The minimum atomic E-state index is -3.33. The van der Waals surface area contributed by atoms with Gasteiger partial charge in [-0.15, -0.1) is 0 Å². The summed E-state index contributed by atoms with van der Waals surface area (Å²) in [5.74, 6) is 1.31. The Morgan fingerprint density at radius 2 is 1.87 bits per heavy atom. The Balaban J connectivity index is 1.34. The van der Waals surface area contributed by atoms with Crippen LogP contribution in [0, 0.1) is 0 Å². The maximum Gasteiger partial charge on any atom is 0.213 e. The molecule has 0 radical (unpaired) electrons. The molecule has 1 aliphatic heterocycles. The summed E-state index contributed by atoms with van der Waals surface area (Å²) >= 11 is 0. The van der Waals surface area contributed by atoms with E-state index in [0.717, 1.165) is 51.6 Å². The summed E-state index contributed by atoms with van der Waals surface area (Å²) in [5, 5.41) is 6.59. The molecule has 1 aliphatic carbocycles. The van der Waals surface area contributed by atoms with Crippen LogP contribution in [0.2, 0.25) is 0 Å². The summed E-state index contributed by atoms with van der Waals surface area (Å²) in [6.07, 6.45) is 7.56. The quantitative estimate of drug-likeness (QED) is 0.430. The summed E-state index contributed by atoms with van der Waals surface area (Å²) in [7, 11) is -1.61. The fourth-order valence-electron chi connectivity index (χ4n) is 4.25. The Bertz CT molecular complexity index is 756. The highest BCUT2D eigenvalue weighted by Crippen LogP contribution is 2.32. The molecule has 0 amide bonds. The van der Waals surface area contributed by atoms with Crippen molar-refractivity contribution < 1.29 is 13.2 Å². The van der Waals surface area contributed by atoms with Crippen molar-refractivity contribution in [3.05, 3.63) is 35.9 Å². The average Bonchev–Trinajstić information content (AvgIpc) is 2.79. The van der Waals surface area contributed by atoms with E-state index in [-0.39, 0.29) is 11.9 Å². The molecule has 3 rings (SSSR count). The van der Waals surface area contributed by atoms with Crippen molar-refractivity contribution in [1.82, 2.24) is 15.4 Å². The van der Waals surface area contributed by atoms with E-state index in [4.69, 9.17) is 4.74 Å². The van der Waals surface area contributed by atoms with Crippen molar-refractivity contribution >= 4 is 16.0 Å². The van der Waals surface area contributed by atoms with Gasteiger partial charge in [-0.2, -0.15) is 0 Å². The van der Waals surface area contributed by atoms with Gasteiger partial charge in [0.1, 0.15) is 0 Å². The number of hydrogen-bond acceptors (Lipinski definition) is 4. The average molecular weight is 437 g/mol. The number of hydrogen-bond donors (Lipinski definition) is 3. The standard InChI is InChI=1S/C22H36N4O3S/c1-23-22(24-14-16-30(27,28)25-17-21-9-5-6-15-29-21)26-20-12-10-19(11-13-20)18-7-3-2-4-8-18/h2-4,7-8,19-21,25H,5-6,9-17H2,1H3,(H2,23,24,26). The molecule has 0 aromatic heterocycles. The summed E-state index contributed by atoms with van der Waals surface area (Å²) < 4.78 is 32.7. The second kappa shape index (κ2) is 11.7. The second-order valence-electron chi connectivity index (χ2n) is 8.26. The molecule has 3 N–H and O–H groups in total. The fourth-order valence-corrected chi connectivity index (χ4v) is 5.20. The summed E-state index contributed by atoms with van der Waals surface area (Å²) in [6.45, 7) is 1.41. The van der Waals surface area contributed by atoms with Crippen LogP contribution < -0.4 is 15.4 Å². The zero-order valence-electron chi connectivity index (χ0n) is 18.0. The monoisotopic (exact) mass is 436 g/mol. The molecule has 2 aliphatic rings. The Kier molecular flexibility index (Phi) is 8.96. The predicted octanol–water partition coefficient (Wildman–Crippen LogP) is 2.37. The number of benzene rings is 1. The van der Waals surface area contributed by atoms with Crippen LogP contribution in [-0.2, 0) is 14.8 Å². The van der Waals surface area contributed by atoms with E-state index in [9.17, 15) is 8.42 Å². The minimum Gasteiger partial charge on any atom is -0.377 e. The van der Waals surface area contributed by atoms with Gasteiger partial charge in [-0.1, -0.05) is 30.3 Å². The van der Waals surface area contributed by atoms with Gasteiger partial charge in [-0.3, -0.25) is 4.99 Å². The van der Waals surface area contributed by atoms with Gasteiger partial charge >= 0.3 is 0 Å². The lowest BCUT2D eigenvalue weighted by molar-refractivity contribution is 0.0200. The highest BCUT2D eigenvalue weighted by atomic mass is 32.2. The zero-order chi connectivity index (χ0) is 21.2. The lowest BCUT2D eigenvalue weighted by atomic mass is 9.82. The molecule has 8 heteroatoms. The predicted molar refractivity (Wildman–Crippen MR) is 121 cm³/mol. The molecular formula is C22H36N4O3S. The molecule has 1 saturated heterocycles. The van der Waals surface area contributed by atoms with Crippen molar-refractivity contribution in [3.8, 4) is 0 Å². The Morgan fingerprint density at radius 1 is 1.10 bits per heavy atom. The van der Waals surface area contributed by atoms with Gasteiger partial charge in [0.05, 0.1) is 11.9 Å². The van der Waals surface area contributed by atoms with Crippen LogP contribution in [-0.4, -0.2) is 59.0 Å². The lowest BCUT2D eigenvalue weighted by Gasteiger charge is -2.30. The molecule has 7 nitrogen and oxygen atoms in total. The van der Waals surface area contributed by atoms with Gasteiger partial charge in [0.2, 0.25) is 10.0 Å². The third-order valence-corrected chi connectivity index (χ3v) is 7.38. The Labute approximate surface area is 181 Å². The number of sulfonamides is 1. The number of nitrogens with one attached hydrogen (secondary N) is 3. The highest BCUT2D eigenvalue weighted by molar-refractivity contribution is 7.89. The smallest absolute Gasteiger partial charge is 0.213 e. The van der Waals surface area contributed by atoms with Crippen molar-refractivity contribution in [3.63, 3.8) is 0 Å². The van der Waals surface area contributed by atoms with E-state index < -0.39 is 10.0 Å². The Morgan fingerprint density at radius 3 is 2.53 bits per heavy atom. The van der Waals surface area contributed by atoms with Crippen molar-refractivity contribution in [2.45, 2.75) is 63.0 Å². The fraction of sp³-hybridized carbons (Fsp3) is 0.682. The minimum absolute atomic E-state index is 0.00179. The van der Waals surface area contributed by atoms with Crippen molar-refractivity contribution in [1.29, 1.82) is 0 Å². The molecule has 2 fully saturated rings. The maximum atomic E-state index is 12.2. The van der Waals surface area contributed by atoms with Gasteiger partial charge in [0, 0.05) is 32.8 Å². The molecular weight excluding hydrogens is 400 g/mol. The first-order valence-electron chi connectivity index (χ1n) is 11.2. The first-order valence-corrected chi connectivity index (χ1v) is 12.8. The maximum absolute atomic E-state index is 12.2. The van der Waals surface area contributed by atoms with E-state index in [1.54, 1.807) is 7.05 Å². The molecule has 0 bridgehead atoms. The molecule has 1 atom stereocenters. The summed E-state index contributed by atoms with van der Waals surface area (Å²) in [6, 6.07) is 11.1. The lowest BCUT2D eigenvalue weighted by Crippen LogP contribution is -2.46. The topological polar surface area (TPSA) is 91.8 Å². The third-order valence-electron chi connectivity index (χ3n) is 6.03. The molecule has 1 aromatic carbocycles. The van der Waals surface area contributed by atoms with Crippen molar-refractivity contribution in [2.24, 2.45) is 4.99 Å². The number of nitrogens with zero attached hydrogens (tertiary/aromatic N) is 1. The van der Waals surface area contributed by atoms with E-state index >= 15 is 0 Å². The molecule has 1 aromatic rings. The van der Waals surface area contributed by atoms with Gasteiger partial charge < -0.3 is 15.4 Å². The van der Waals surface area contributed by atoms with E-state index in [1.165, 1.54) is 5.56 Å². The SMILES string of the molecule is CN=C(NCCS(=O)(=O)NCC1CCCCO1)NC1CCC(c2ccccc2)CC1. The van der Waals surface area contributed by atoms with Gasteiger partial charge in [-0.25, -0.2) is 13.1 Å². The number of aliphatic imine (C=N–C) groups is 1. The largest absolute Gasteiger partial charge is 0.377 e. The van der Waals surface area contributed by atoms with E-state index in [1.807, 2.05) is 0 Å². The highest BCUT2D eigenvalue weighted by Gasteiger charge is 2.23. The third kappa shape index (κ3) is 7.56.